The zero-order valence-electron chi connectivity index (χ0n) is 15.4. The van der Waals surface area contributed by atoms with Crippen LogP contribution in [0.25, 0.3) is 16.9 Å². The predicted molar refractivity (Wildman–Crippen MR) is 108 cm³/mol. The van der Waals surface area contributed by atoms with E-state index in [0.29, 0.717) is 5.56 Å². The largest absolute Gasteiger partial charge is 0.322 e. The lowest BCUT2D eigenvalue weighted by Crippen LogP contribution is -2.12. The molecule has 138 valence electrons. The molecular weight excluding hydrogens is 350 g/mol. The van der Waals surface area contributed by atoms with Gasteiger partial charge >= 0.3 is 0 Å². The van der Waals surface area contributed by atoms with Crippen LogP contribution < -0.4 is 5.32 Å². The van der Waals surface area contributed by atoms with Crippen molar-refractivity contribution in [2.45, 2.75) is 13.3 Å². The van der Waals surface area contributed by atoms with E-state index in [1.165, 1.54) is 0 Å². The fourth-order valence-electron chi connectivity index (χ4n) is 2.95. The summed E-state index contributed by atoms with van der Waals surface area (Å²) in [6.45, 7) is 2.08. The molecule has 1 amide bonds. The van der Waals surface area contributed by atoms with E-state index in [-0.39, 0.29) is 5.91 Å². The SMILES string of the molecule is CCc1nc(-c2cccnc2)cn1-c1ccc(NC(=O)c2cccnc2)cc1. The summed E-state index contributed by atoms with van der Waals surface area (Å²) < 4.78 is 2.06. The normalized spacial score (nSPS) is 10.6. The first-order chi connectivity index (χ1) is 13.7. The molecule has 0 unspecified atom stereocenters. The molecule has 3 aromatic heterocycles. The van der Waals surface area contributed by atoms with Crippen LogP contribution in [0, 0.1) is 0 Å². The monoisotopic (exact) mass is 369 g/mol. The summed E-state index contributed by atoms with van der Waals surface area (Å²) in [5.41, 5.74) is 4.10. The van der Waals surface area contributed by atoms with Gasteiger partial charge < -0.3 is 9.88 Å². The zero-order valence-corrected chi connectivity index (χ0v) is 15.4. The van der Waals surface area contributed by atoms with Crippen LogP contribution in [0.15, 0.2) is 79.5 Å². The molecule has 0 aliphatic rings. The Labute approximate surface area is 162 Å². The van der Waals surface area contributed by atoms with Crippen LogP contribution >= 0.6 is 0 Å². The van der Waals surface area contributed by atoms with Gasteiger partial charge in [-0.15, -0.1) is 0 Å². The summed E-state index contributed by atoms with van der Waals surface area (Å²) in [6, 6.07) is 15.1. The molecule has 0 spiro atoms. The zero-order chi connectivity index (χ0) is 19.3. The lowest BCUT2D eigenvalue weighted by atomic mass is 10.2. The number of aromatic nitrogens is 4. The third kappa shape index (κ3) is 3.66. The molecule has 0 saturated heterocycles. The van der Waals surface area contributed by atoms with Crippen LogP contribution in [0.1, 0.15) is 23.1 Å². The number of nitrogens with zero attached hydrogens (tertiary/aromatic N) is 4. The highest BCUT2D eigenvalue weighted by Crippen LogP contribution is 2.22. The highest BCUT2D eigenvalue weighted by Gasteiger charge is 2.11. The van der Waals surface area contributed by atoms with E-state index in [4.69, 9.17) is 4.98 Å². The van der Waals surface area contributed by atoms with Crippen molar-refractivity contribution >= 4 is 11.6 Å². The number of amides is 1. The Morgan fingerprint density at radius 1 is 1.00 bits per heavy atom. The maximum Gasteiger partial charge on any atom is 0.257 e. The molecule has 1 N–H and O–H groups in total. The molecule has 1 aromatic carbocycles. The molecule has 4 rings (SSSR count). The molecule has 0 atom stereocenters. The lowest BCUT2D eigenvalue weighted by molar-refractivity contribution is 0.102. The van der Waals surface area contributed by atoms with E-state index in [9.17, 15) is 4.79 Å². The van der Waals surface area contributed by atoms with Crippen molar-refractivity contribution in [1.82, 2.24) is 19.5 Å². The first-order valence-electron chi connectivity index (χ1n) is 9.05. The van der Waals surface area contributed by atoms with E-state index in [2.05, 4.69) is 26.8 Å². The number of hydrogen-bond donors (Lipinski definition) is 1. The van der Waals surface area contributed by atoms with E-state index >= 15 is 0 Å². The maximum absolute atomic E-state index is 12.3. The Balaban J connectivity index is 1.57. The maximum atomic E-state index is 12.3. The lowest BCUT2D eigenvalue weighted by Gasteiger charge is -2.09. The first-order valence-corrected chi connectivity index (χ1v) is 9.05. The minimum Gasteiger partial charge on any atom is -0.322 e. The predicted octanol–water partition coefficient (Wildman–Crippen LogP) is 4.14. The summed E-state index contributed by atoms with van der Waals surface area (Å²) in [5.74, 6) is 0.780. The van der Waals surface area contributed by atoms with Crippen LogP contribution in [0.5, 0.6) is 0 Å². The molecule has 6 heteroatoms. The van der Waals surface area contributed by atoms with Crippen molar-refractivity contribution in [2.75, 3.05) is 5.32 Å². The van der Waals surface area contributed by atoms with Gasteiger partial charge in [-0.2, -0.15) is 0 Å². The third-order valence-corrected chi connectivity index (χ3v) is 4.38. The molecule has 0 fully saturated rings. The van der Waals surface area contributed by atoms with Gasteiger partial charge in [-0.3, -0.25) is 14.8 Å². The van der Waals surface area contributed by atoms with Gasteiger partial charge in [0.05, 0.1) is 11.3 Å². The molecule has 28 heavy (non-hydrogen) atoms. The summed E-state index contributed by atoms with van der Waals surface area (Å²) in [6.07, 6.45) is 9.56. The number of benzene rings is 1. The number of anilines is 1. The molecule has 0 saturated carbocycles. The van der Waals surface area contributed by atoms with Gasteiger partial charge in [-0.05, 0) is 48.5 Å². The van der Waals surface area contributed by atoms with Gasteiger partial charge in [0.1, 0.15) is 5.82 Å². The van der Waals surface area contributed by atoms with Crippen molar-refractivity contribution in [1.29, 1.82) is 0 Å². The number of nitrogens with one attached hydrogen (secondary N) is 1. The fourth-order valence-corrected chi connectivity index (χ4v) is 2.95. The van der Waals surface area contributed by atoms with Crippen molar-refractivity contribution in [3.8, 4) is 16.9 Å². The minimum atomic E-state index is -0.184. The summed E-state index contributed by atoms with van der Waals surface area (Å²) in [7, 11) is 0. The second kappa shape index (κ2) is 7.84. The number of carbonyl (C=O) groups excluding carboxylic acids is 1. The number of pyridine rings is 2. The van der Waals surface area contributed by atoms with Crippen LogP contribution in [0.4, 0.5) is 5.69 Å². The number of carbonyl (C=O) groups is 1. The Morgan fingerprint density at radius 2 is 1.75 bits per heavy atom. The molecule has 4 aromatic rings. The third-order valence-electron chi connectivity index (χ3n) is 4.38. The Morgan fingerprint density at radius 3 is 2.39 bits per heavy atom. The Bertz CT molecular complexity index is 1070. The van der Waals surface area contributed by atoms with Crippen LogP contribution in [0.3, 0.4) is 0 Å². The highest BCUT2D eigenvalue weighted by molar-refractivity contribution is 6.04. The Hall–Kier alpha value is -3.80. The van der Waals surface area contributed by atoms with Gasteiger partial charge in [0, 0.05) is 54.3 Å². The van der Waals surface area contributed by atoms with E-state index in [1.54, 1.807) is 30.7 Å². The molecular formula is C22H19N5O. The van der Waals surface area contributed by atoms with E-state index in [0.717, 1.165) is 34.9 Å². The Kier molecular flexibility index (Phi) is 4.93. The summed E-state index contributed by atoms with van der Waals surface area (Å²) in [4.78, 5) is 25.1. The van der Waals surface area contributed by atoms with Gasteiger partial charge in [0.25, 0.3) is 5.91 Å². The number of hydrogen-bond acceptors (Lipinski definition) is 4. The topological polar surface area (TPSA) is 72.7 Å². The number of aryl methyl sites for hydroxylation is 1. The van der Waals surface area contributed by atoms with E-state index in [1.807, 2.05) is 48.8 Å². The molecule has 0 aliphatic carbocycles. The molecule has 6 nitrogen and oxygen atoms in total. The van der Waals surface area contributed by atoms with Gasteiger partial charge in [-0.1, -0.05) is 6.92 Å². The second-order valence-electron chi connectivity index (χ2n) is 6.25. The van der Waals surface area contributed by atoms with Crippen molar-refractivity contribution in [2.24, 2.45) is 0 Å². The number of imidazole rings is 1. The van der Waals surface area contributed by atoms with Crippen LogP contribution in [0.2, 0.25) is 0 Å². The quantitative estimate of drug-likeness (QED) is 0.574. The average Bonchev–Trinajstić information content (AvgIpc) is 3.20. The number of rotatable bonds is 5. The standard InChI is InChI=1S/C22H19N5O/c1-2-21-26-20(16-5-3-11-23-13-16)15-27(21)19-9-7-18(8-10-19)25-22(28)17-6-4-12-24-14-17/h3-15H,2H2,1H3,(H,25,28). The van der Waals surface area contributed by atoms with Gasteiger partial charge in [0.2, 0.25) is 0 Å². The first kappa shape index (κ1) is 17.6. The summed E-state index contributed by atoms with van der Waals surface area (Å²) in [5, 5.41) is 2.88. The van der Waals surface area contributed by atoms with Crippen molar-refractivity contribution < 1.29 is 4.79 Å². The molecule has 0 bridgehead atoms. The molecule has 3 heterocycles. The molecule has 0 aliphatic heterocycles. The minimum absolute atomic E-state index is 0.184. The van der Waals surface area contributed by atoms with Crippen LogP contribution in [-0.2, 0) is 6.42 Å². The second-order valence-corrected chi connectivity index (χ2v) is 6.25. The van der Waals surface area contributed by atoms with Crippen molar-refractivity contribution in [3.63, 3.8) is 0 Å². The van der Waals surface area contributed by atoms with Crippen molar-refractivity contribution in [3.05, 3.63) is 90.9 Å². The van der Waals surface area contributed by atoms with E-state index < -0.39 is 0 Å². The smallest absolute Gasteiger partial charge is 0.257 e. The molecule has 0 radical (unpaired) electrons. The van der Waals surface area contributed by atoms with Gasteiger partial charge in [0.15, 0.2) is 0 Å². The summed E-state index contributed by atoms with van der Waals surface area (Å²) >= 11 is 0. The fraction of sp³-hybridized carbons (Fsp3) is 0.0909. The van der Waals surface area contributed by atoms with Gasteiger partial charge in [-0.25, -0.2) is 4.98 Å². The average molecular weight is 369 g/mol. The highest BCUT2D eigenvalue weighted by atomic mass is 16.1. The van der Waals surface area contributed by atoms with Crippen LogP contribution in [-0.4, -0.2) is 25.4 Å².